The van der Waals surface area contributed by atoms with Crippen LogP contribution in [0, 0.1) is 5.92 Å². The minimum Gasteiger partial charge on any atom is -0.362 e. The molecule has 2 heterocycles. The number of tetrazole rings is 1. The molecule has 0 aliphatic carbocycles. The SMILES string of the molecule is CC(C)C(C)(CN)Nc1cncc2nnnn12. The third-order valence-corrected chi connectivity index (χ3v) is 3.22. The Hall–Kier alpha value is -1.76. The van der Waals surface area contributed by atoms with E-state index in [0.717, 1.165) is 5.82 Å². The van der Waals surface area contributed by atoms with Gasteiger partial charge in [0.05, 0.1) is 17.9 Å². The molecule has 17 heavy (non-hydrogen) atoms. The Balaban J connectivity index is 2.38. The van der Waals surface area contributed by atoms with E-state index in [0.29, 0.717) is 18.1 Å². The summed E-state index contributed by atoms with van der Waals surface area (Å²) in [5.41, 5.74) is 6.22. The summed E-state index contributed by atoms with van der Waals surface area (Å²) in [5, 5.41) is 14.7. The number of aromatic nitrogens is 5. The van der Waals surface area contributed by atoms with Gasteiger partial charge in [-0.1, -0.05) is 13.8 Å². The molecule has 3 N–H and O–H groups in total. The molecular formula is C10H17N7. The Kier molecular flexibility index (Phi) is 2.93. The van der Waals surface area contributed by atoms with E-state index in [9.17, 15) is 0 Å². The summed E-state index contributed by atoms with van der Waals surface area (Å²) < 4.78 is 1.61. The van der Waals surface area contributed by atoms with Crippen LogP contribution in [-0.4, -0.2) is 37.1 Å². The number of anilines is 1. The molecule has 0 radical (unpaired) electrons. The summed E-state index contributed by atoms with van der Waals surface area (Å²) in [6, 6.07) is 0. The molecule has 2 aromatic heterocycles. The van der Waals surface area contributed by atoms with Crippen molar-refractivity contribution >= 4 is 11.5 Å². The maximum Gasteiger partial charge on any atom is 0.199 e. The van der Waals surface area contributed by atoms with Crippen LogP contribution in [0.1, 0.15) is 20.8 Å². The lowest BCUT2D eigenvalue weighted by Gasteiger charge is -2.34. The first-order valence-electron chi connectivity index (χ1n) is 5.57. The van der Waals surface area contributed by atoms with Crippen LogP contribution in [0.3, 0.4) is 0 Å². The van der Waals surface area contributed by atoms with Crippen LogP contribution in [-0.2, 0) is 0 Å². The van der Waals surface area contributed by atoms with E-state index in [4.69, 9.17) is 5.73 Å². The lowest BCUT2D eigenvalue weighted by atomic mass is 9.88. The molecule has 0 aliphatic rings. The van der Waals surface area contributed by atoms with Crippen molar-refractivity contribution in [3.05, 3.63) is 12.4 Å². The summed E-state index contributed by atoms with van der Waals surface area (Å²) in [6.07, 6.45) is 3.31. The third-order valence-electron chi connectivity index (χ3n) is 3.22. The van der Waals surface area contributed by atoms with Gasteiger partial charge < -0.3 is 11.1 Å². The van der Waals surface area contributed by atoms with Crippen molar-refractivity contribution in [1.29, 1.82) is 0 Å². The minimum absolute atomic E-state index is 0.220. The zero-order chi connectivity index (χ0) is 12.5. The second kappa shape index (κ2) is 4.25. The molecular weight excluding hydrogens is 218 g/mol. The molecule has 0 spiro atoms. The van der Waals surface area contributed by atoms with Crippen molar-refractivity contribution in [2.75, 3.05) is 11.9 Å². The first-order valence-corrected chi connectivity index (χ1v) is 5.57. The van der Waals surface area contributed by atoms with Crippen molar-refractivity contribution in [3.63, 3.8) is 0 Å². The lowest BCUT2D eigenvalue weighted by molar-refractivity contribution is 0.380. The molecule has 0 saturated heterocycles. The summed E-state index contributed by atoms with van der Waals surface area (Å²) in [7, 11) is 0. The van der Waals surface area contributed by atoms with Gasteiger partial charge in [0, 0.05) is 6.54 Å². The quantitative estimate of drug-likeness (QED) is 0.791. The van der Waals surface area contributed by atoms with Gasteiger partial charge in [-0.05, 0) is 23.3 Å². The summed E-state index contributed by atoms with van der Waals surface area (Å²) in [4.78, 5) is 4.10. The molecule has 0 aromatic carbocycles. The molecule has 2 aromatic rings. The smallest absolute Gasteiger partial charge is 0.199 e. The Bertz CT molecular complexity index is 506. The second-order valence-corrected chi connectivity index (χ2v) is 4.64. The predicted octanol–water partition coefficient (Wildman–Crippen LogP) is 0.305. The van der Waals surface area contributed by atoms with Crippen molar-refractivity contribution < 1.29 is 0 Å². The van der Waals surface area contributed by atoms with Gasteiger partial charge in [-0.3, -0.25) is 4.98 Å². The standard InChI is InChI=1S/C10H17N7/c1-7(2)10(3,6-11)13-8-4-12-5-9-14-15-16-17(8)9/h4-5,7,13H,6,11H2,1-3H3. The van der Waals surface area contributed by atoms with Crippen molar-refractivity contribution in [3.8, 4) is 0 Å². The Morgan fingerprint density at radius 3 is 2.88 bits per heavy atom. The molecule has 0 saturated carbocycles. The van der Waals surface area contributed by atoms with Gasteiger partial charge in [0.25, 0.3) is 0 Å². The fourth-order valence-electron chi connectivity index (χ4n) is 1.48. The number of hydrogen-bond donors (Lipinski definition) is 2. The molecule has 0 fully saturated rings. The van der Waals surface area contributed by atoms with E-state index in [-0.39, 0.29) is 5.54 Å². The van der Waals surface area contributed by atoms with Crippen molar-refractivity contribution in [2.24, 2.45) is 11.7 Å². The highest BCUT2D eigenvalue weighted by Gasteiger charge is 2.27. The third kappa shape index (κ3) is 2.05. The van der Waals surface area contributed by atoms with E-state index in [2.05, 4.69) is 46.6 Å². The molecule has 7 nitrogen and oxygen atoms in total. The van der Waals surface area contributed by atoms with Crippen LogP contribution in [0.5, 0.6) is 0 Å². The highest BCUT2D eigenvalue weighted by molar-refractivity contribution is 5.45. The molecule has 0 bridgehead atoms. The highest BCUT2D eigenvalue weighted by atomic mass is 15.5. The number of nitrogens with one attached hydrogen (secondary N) is 1. The first-order chi connectivity index (χ1) is 8.07. The van der Waals surface area contributed by atoms with Crippen LogP contribution in [0.25, 0.3) is 5.65 Å². The van der Waals surface area contributed by atoms with Gasteiger partial charge in [-0.15, -0.1) is 5.10 Å². The molecule has 0 aliphatic heterocycles. The number of hydrogen-bond acceptors (Lipinski definition) is 6. The van der Waals surface area contributed by atoms with Gasteiger partial charge in [0.15, 0.2) is 11.5 Å². The van der Waals surface area contributed by atoms with Crippen molar-refractivity contribution in [1.82, 2.24) is 25.0 Å². The predicted molar refractivity (Wildman–Crippen MR) is 64.5 cm³/mol. The van der Waals surface area contributed by atoms with Crippen LogP contribution in [0.2, 0.25) is 0 Å². The monoisotopic (exact) mass is 235 g/mol. The number of nitrogens with two attached hydrogens (primary N) is 1. The van der Waals surface area contributed by atoms with Crippen LogP contribution in [0.4, 0.5) is 5.82 Å². The van der Waals surface area contributed by atoms with E-state index in [1.165, 1.54) is 0 Å². The Morgan fingerprint density at radius 1 is 1.47 bits per heavy atom. The van der Waals surface area contributed by atoms with Gasteiger partial charge in [-0.25, -0.2) is 0 Å². The molecule has 1 atom stereocenters. The summed E-state index contributed by atoms with van der Waals surface area (Å²) in [6.45, 7) is 6.82. The Labute approximate surface area is 99.4 Å². The number of fused-ring (bicyclic) bond motifs is 1. The second-order valence-electron chi connectivity index (χ2n) is 4.64. The normalized spacial score (nSPS) is 15.1. The summed E-state index contributed by atoms with van der Waals surface area (Å²) >= 11 is 0. The van der Waals surface area contributed by atoms with E-state index >= 15 is 0 Å². The zero-order valence-electron chi connectivity index (χ0n) is 10.3. The molecule has 1 unspecified atom stereocenters. The fraction of sp³-hybridized carbons (Fsp3) is 0.600. The molecule has 7 heteroatoms. The average molecular weight is 235 g/mol. The molecule has 2 rings (SSSR count). The van der Waals surface area contributed by atoms with Crippen LogP contribution >= 0.6 is 0 Å². The van der Waals surface area contributed by atoms with E-state index < -0.39 is 0 Å². The number of rotatable bonds is 4. The van der Waals surface area contributed by atoms with Gasteiger partial charge in [-0.2, -0.15) is 4.52 Å². The van der Waals surface area contributed by atoms with Gasteiger partial charge in [0.1, 0.15) is 0 Å². The Morgan fingerprint density at radius 2 is 2.24 bits per heavy atom. The fourth-order valence-corrected chi connectivity index (χ4v) is 1.48. The average Bonchev–Trinajstić information content (AvgIpc) is 2.77. The van der Waals surface area contributed by atoms with Gasteiger partial charge in [0.2, 0.25) is 0 Å². The van der Waals surface area contributed by atoms with E-state index in [1.54, 1.807) is 16.9 Å². The zero-order valence-corrected chi connectivity index (χ0v) is 10.3. The largest absolute Gasteiger partial charge is 0.362 e. The number of nitrogens with zero attached hydrogens (tertiary/aromatic N) is 5. The maximum atomic E-state index is 5.83. The topological polar surface area (TPSA) is 94.0 Å². The first kappa shape index (κ1) is 11.7. The van der Waals surface area contributed by atoms with Crippen molar-refractivity contribution in [2.45, 2.75) is 26.3 Å². The minimum atomic E-state index is -0.220. The van der Waals surface area contributed by atoms with E-state index in [1.807, 2.05) is 0 Å². The molecule has 0 amide bonds. The van der Waals surface area contributed by atoms with Gasteiger partial charge >= 0.3 is 0 Å². The molecule has 92 valence electrons. The maximum absolute atomic E-state index is 5.83. The van der Waals surface area contributed by atoms with Crippen LogP contribution in [0.15, 0.2) is 12.4 Å². The lowest BCUT2D eigenvalue weighted by Crippen LogP contribution is -2.47. The van der Waals surface area contributed by atoms with Crippen LogP contribution < -0.4 is 11.1 Å². The summed E-state index contributed by atoms with van der Waals surface area (Å²) in [5.74, 6) is 1.12. The highest BCUT2D eigenvalue weighted by Crippen LogP contribution is 2.21.